The fourth-order valence-corrected chi connectivity index (χ4v) is 3.27. The summed E-state index contributed by atoms with van der Waals surface area (Å²) in [6.07, 6.45) is 0. The largest absolute Gasteiger partial charge is 0.354 e. The molecule has 1 aliphatic rings. The van der Waals surface area contributed by atoms with Gasteiger partial charge in [-0.05, 0) is 26.0 Å². The van der Waals surface area contributed by atoms with Crippen molar-refractivity contribution in [3.63, 3.8) is 0 Å². The highest BCUT2D eigenvalue weighted by Crippen LogP contribution is 2.19. The second kappa shape index (κ2) is 8.48. The van der Waals surface area contributed by atoms with Crippen molar-refractivity contribution in [2.75, 3.05) is 36.4 Å². The highest BCUT2D eigenvalue weighted by Gasteiger charge is 2.26. The van der Waals surface area contributed by atoms with Crippen LogP contribution in [0.3, 0.4) is 0 Å². The molecule has 0 aliphatic carbocycles. The molecule has 1 aromatic heterocycles. The van der Waals surface area contributed by atoms with E-state index in [0.29, 0.717) is 5.92 Å². The molecule has 1 aromatic carbocycles. The van der Waals surface area contributed by atoms with Gasteiger partial charge in [0.05, 0.1) is 6.04 Å². The predicted molar refractivity (Wildman–Crippen MR) is 109 cm³/mol. The van der Waals surface area contributed by atoms with Crippen LogP contribution in [0.2, 0.25) is 0 Å². The van der Waals surface area contributed by atoms with Crippen molar-refractivity contribution in [3.8, 4) is 0 Å². The van der Waals surface area contributed by atoms with Crippen LogP contribution in [-0.2, 0) is 4.79 Å². The van der Waals surface area contributed by atoms with Crippen LogP contribution in [0, 0.1) is 6.92 Å². The van der Waals surface area contributed by atoms with E-state index in [0.717, 1.165) is 49.2 Å². The molecule has 27 heavy (non-hydrogen) atoms. The predicted octanol–water partition coefficient (Wildman–Crippen LogP) is 3.06. The summed E-state index contributed by atoms with van der Waals surface area (Å²) in [5.41, 5.74) is 1.84. The number of rotatable bonds is 5. The van der Waals surface area contributed by atoms with Crippen LogP contribution in [0.5, 0.6) is 0 Å². The number of aromatic nitrogens is 2. The molecule has 0 saturated carbocycles. The van der Waals surface area contributed by atoms with Crippen LogP contribution in [0.15, 0.2) is 36.4 Å². The molecular formula is C21H29N5O. The zero-order valence-electron chi connectivity index (χ0n) is 16.6. The first-order chi connectivity index (χ1) is 12.9. The summed E-state index contributed by atoms with van der Waals surface area (Å²) in [5, 5.41) is 2.99. The number of nitrogens with zero attached hydrogens (tertiary/aromatic N) is 4. The van der Waals surface area contributed by atoms with E-state index in [1.54, 1.807) is 0 Å². The highest BCUT2D eigenvalue weighted by atomic mass is 16.2. The second-order valence-corrected chi connectivity index (χ2v) is 7.43. The molecule has 0 spiro atoms. The lowest BCUT2D eigenvalue weighted by Gasteiger charge is -2.38. The standard InChI is InChI=1S/C21H29N5O/c1-15(2)20-22-16(3)14-19(24-20)26-12-10-25(11-13-26)17(4)21(27)23-18-8-6-5-7-9-18/h5-9,14-15,17H,10-13H2,1-4H3,(H,23,27)/t17-/m1/s1. The number of anilines is 2. The van der Waals surface area contributed by atoms with E-state index in [4.69, 9.17) is 4.98 Å². The van der Waals surface area contributed by atoms with Gasteiger partial charge in [-0.25, -0.2) is 9.97 Å². The molecule has 1 fully saturated rings. The topological polar surface area (TPSA) is 61.4 Å². The Kier molecular flexibility index (Phi) is 6.06. The van der Waals surface area contributed by atoms with E-state index in [-0.39, 0.29) is 11.9 Å². The zero-order chi connectivity index (χ0) is 19.4. The van der Waals surface area contributed by atoms with Gasteiger partial charge in [0.15, 0.2) is 0 Å². The van der Waals surface area contributed by atoms with Gasteiger partial charge >= 0.3 is 0 Å². The maximum absolute atomic E-state index is 12.5. The van der Waals surface area contributed by atoms with Crippen molar-refractivity contribution in [1.82, 2.24) is 14.9 Å². The van der Waals surface area contributed by atoms with Gasteiger partial charge in [-0.3, -0.25) is 9.69 Å². The minimum absolute atomic E-state index is 0.0367. The number of carbonyl (C=O) groups is 1. The van der Waals surface area contributed by atoms with Crippen LogP contribution < -0.4 is 10.2 Å². The molecule has 0 radical (unpaired) electrons. The smallest absolute Gasteiger partial charge is 0.241 e. The fourth-order valence-electron chi connectivity index (χ4n) is 3.27. The van der Waals surface area contributed by atoms with Gasteiger partial charge in [-0.15, -0.1) is 0 Å². The van der Waals surface area contributed by atoms with Gasteiger partial charge in [-0.2, -0.15) is 0 Å². The number of piperazine rings is 1. The lowest BCUT2D eigenvalue weighted by Crippen LogP contribution is -2.53. The van der Waals surface area contributed by atoms with Crippen LogP contribution >= 0.6 is 0 Å². The third kappa shape index (κ3) is 4.83. The van der Waals surface area contributed by atoms with Crippen LogP contribution in [0.25, 0.3) is 0 Å². The molecule has 1 saturated heterocycles. The van der Waals surface area contributed by atoms with Gasteiger partial charge in [0.25, 0.3) is 0 Å². The Balaban J connectivity index is 1.59. The van der Waals surface area contributed by atoms with Crippen molar-refractivity contribution in [2.24, 2.45) is 0 Å². The van der Waals surface area contributed by atoms with E-state index >= 15 is 0 Å². The highest BCUT2D eigenvalue weighted by molar-refractivity contribution is 5.94. The molecule has 6 heteroatoms. The van der Waals surface area contributed by atoms with Gasteiger partial charge in [-0.1, -0.05) is 32.0 Å². The molecule has 3 rings (SSSR count). The lowest BCUT2D eigenvalue weighted by atomic mass is 10.2. The molecule has 1 amide bonds. The maximum atomic E-state index is 12.5. The molecule has 0 bridgehead atoms. The van der Waals surface area contributed by atoms with E-state index in [2.05, 4.69) is 33.9 Å². The summed E-state index contributed by atoms with van der Waals surface area (Å²) in [6, 6.07) is 11.5. The van der Waals surface area contributed by atoms with Crippen molar-refractivity contribution in [1.29, 1.82) is 0 Å². The summed E-state index contributed by atoms with van der Waals surface area (Å²) >= 11 is 0. The van der Waals surface area contributed by atoms with Crippen molar-refractivity contribution in [3.05, 3.63) is 47.9 Å². The van der Waals surface area contributed by atoms with Crippen molar-refractivity contribution in [2.45, 2.75) is 39.7 Å². The Morgan fingerprint density at radius 3 is 2.33 bits per heavy atom. The van der Waals surface area contributed by atoms with Crippen molar-refractivity contribution < 1.29 is 4.79 Å². The molecule has 1 aliphatic heterocycles. The van der Waals surface area contributed by atoms with Crippen LogP contribution in [-0.4, -0.2) is 53.0 Å². The summed E-state index contributed by atoms with van der Waals surface area (Å²) in [4.78, 5) is 26.3. The first kappa shape index (κ1) is 19.3. The van der Waals surface area contributed by atoms with Gasteiger partial charge in [0.2, 0.25) is 5.91 Å². The number of amides is 1. The van der Waals surface area contributed by atoms with Crippen LogP contribution in [0.4, 0.5) is 11.5 Å². The number of nitrogens with one attached hydrogen (secondary N) is 1. The molecule has 6 nitrogen and oxygen atoms in total. The summed E-state index contributed by atoms with van der Waals surface area (Å²) < 4.78 is 0. The third-order valence-corrected chi connectivity index (χ3v) is 4.98. The number of carbonyl (C=O) groups excluding carboxylic acids is 1. The molecule has 1 atom stereocenters. The van der Waals surface area contributed by atoms with Gasteiger partial charge in [0, 0.05) is 49.5 Å². The number of hydrogen-bond acceptors (Lipinski definition) is 5. The average molecular weight is 367 g/mol. The van der Waals surface area contributed by atoms with Crippen LogP contribution in [0.1, 0.15) is 38.2 Å². The Bertz CT molecular complexity index is 769. The third-order valence-electron chi connectivity index (χ3n) is 4.98. The number of hydrogen-bond donors (Lipinski definition) is 1. The molecule has 0 unspecified atom stereocenters. The minimum Gasteiger partial charge on any atom is -0.354 e. The summed E-state index contributed by atoms with van der Waals surface area (Å²) in [6.45, 7) is 11.6. The Morgan fingerprint density at radius 1 is 1.04 bits per heavy atom. The Hall–Kier alpha value is -2.47. The van der Waals surface area contributed by atoms with Gasteiger partial charge < -0.3 is 10.2 Å². The SMILES string of the molecule is Cc1cc(N2CCN([C@H](C)C(=O)Nc3ccccc3)CC2)nc(C(C)C)n1. The zero-order valence-corrected chi connectivity index (χ0v) is 16.6. The Morgan fingerprint density at radius 2 is 1.70 bits per heavy atom. The summed E-state index contributed by atoms with van der Waals surface area (Å²) in [5.74, 6) is 2.23. The number of aryl methyl sites for hydroxylation is 1. The number of benzene rings is 1. The normalized spacial score (nSPS) is 16.4. The molecule has 2 heterocycles. The van der Waals surface area contributed by atoms with Crippen molar-refractivity contribution >= 4 is 17.4 Å². The van der Waals surface area contributed by atoms with Gasteiger partial charge in [0.1, 0.15) is 11.6 Å². The van der Waals surface area contributed by atoms with E-state index in [1.165, 1.54) is 0 Å². The molecular weight excluding hydrogens is 338 g/mol. The fraction of sp³-hybridized carbons (Fsp3) is 0.476. The maximum Gasteiger partial charge on any atom is 0.241 e. The first-order valence-electron chi connectivity index (χ1n) is 9.64. The number of para-hydroxylation sites is 1. The van der Waals surface area contributed by atoms with E-state index < -0.39 is 0 Å². The molecule has 2 aromatic rings. The minimum atomic E-state index is -0.161. The molecule has 1 N–H and O–H groups in total. The second-order valence-electron chi connectivity index (χ2n) is 7.43. The summed E-state index contributed by atoms with van der Waals surface area (Å²) in [7, 11) is 0. The monoisotopic (exact) mass is 367 g/mol. The molecule has 144 valence electrons. The lowest BCUT2D eigenvalue weighted by molar-refractivity contribution is -0.120. The van der Waals surface area contributed by atoms with E-state index in [9.17, 15) is 4.79 Å². The Labute approximate surface area is 161 Å². The first-order valence-corrected chi connectivity index (χ1v) is 9.64. The van der Waals surface area contributed by atoms with E-state index in [1.807, 2.05) is 50.2 Å². The quantitative estimate of drug-likeness (QED) is 0.880. The average Bonchev–Trinajstić information content (AvgIpc) is 2.67.